The molecule has 274 valence electrons. The van der Waals surface area contributed by atoms with Gasteiger partial charge in [-0.15, -0.1) is 0 Å². The zero-order valence-electron chi connectivity index (χ0n) is 29.9. The molecular weight excluding hydrogens is 648 g/mol. The molecule has 0 bridgehead atoms. The molecule has 0 saturated carbocycles. The molecule has 11 nitrogen and oxygen atoms in total. The fourth-order valence-corrected chi connectivity index (χ4v) is 6.53. The second-order valence-electron chi connectivity index (χ2n) is 14.4. The molecule has 3 aromatic rings. The first-order chi connectivity index (χ1) is 24.5. The van der Waals surface area contributed by atoms with Crippen LogP contribution in [0.4, 0.5) is 17.1 Å². The molecule has 5 rings (SSSR count). The van der Waals surface area contributed by atoms with Gasteiger partial charge in [-0.2, -0.15) is 0 Å². The third kappa shape index (κ3) is 11.4. The zero-order valence-corrected chi connectivity index (χ0v) is 29.9. The van der Waals surface area contributed by atoms with E-state index in [0.717, 1.165) is 42.5 Å². The van der Waals surface area contributed by atoms with E-state index in [4.69, 9.17) is 19.9 Å². The van der Waals surface area contributed by atoms with E-state index < -0.39 is 11.9 Å². The van der Waals surface area contributed by atoms with Crippen LogP contribution in [0, 0.1) is 0 Å². The summed E-state index contributed by atoms with van der Waals surface area (Å²) in [5, 5.41) is 15.4. The van der Waals surface area contributed by atoms with E-state index in [1.54, 1.807) is 12.1 Å². The number of carbonyl (C=O) groups is 3. The summed E-state index contributed by atoms with van der Waals surface area (Å²) in [6.07, 6.45) is 3.76. The van der Waals surface area contributed by atoms with Crippen LogP contribution in [0.1, 0.15) is 101 Å². The van der Waals surface area contributed by atoms with Crippen LogP contribution in [0.15, 0.2) is 72.8 Å². The minimum atomic E-state index is -0.705. The van der Waals surface area contributed by atoms with Crippen molar-refractivity contribution in [3.8, 4) is 0 Å². The summed E-state index contributed by atoms with van der Waals surface area (Å²) in [4.78, 5) is 40.4. The van der Waals surface area contributed by atoms with Crippen molar-refractivity contribution < 1.29 is 33.7 Å². The summed E-state index contributed by atoms with van der Waals surface area (Å²) in [7, 11) is 0. The van der Waals surface area contributed by atoms with Crippen LogP contribution >= 0.6 is 0 Å². The third-order valence-electron chi connectivity index (χ3n) is 9.08. The van der Waals surface area contributed by atoms with Crippen LogP contribution < -0.4 is 16.4 Å². The lowest BCUT2D eigenvalue weighted by molar-refractivity contribution is -0.253. The monoisotopic (exact) mass is 700 g/mol. The maximum Gasteiger partial charge on any atom is 0.323 e. The molecule has 4 atom stereocenters. The summed E-state index contributed by atoms with van der Waals surface area (Å²) >= 11 is 0. The molecule has 0 spiro atoms. The number of nitrogen functional groups attached to an aromatic ring is 1. The predicted molar refractivity (Wildman–Crippen MR) is 197 cm³/mol. The highest BCUT2D eigenvalue weighted by Gasteiger charge is 2.39. The molecule has 5 N–H and O–H groups in total. The Morgan fingerprint density at radius 2 is 1.63 bits per heavy atom. The van der Waals surface area contributed by atoms with E-state index in [1.807, 2.05) is 81.4 Å². The molecule has 2 heterocycles. The van der Waals surface area contributed by atoms with Crippen LogP contribution in [0.3, 0.4) is 0 Å². The molecule has 2 amide bonds. The van der Waals surface area contributed by atoms with Crippen molar-refractivity contribution in [2.75, 3.05) is 29.5 Å². The van der Waals surface area contributed by atoms with Gasteiger partial charge in [0, 0.05) is 37.1 Å². The Morgan fingerprint density at radius 1 is 0.902 bits per heavy atom. The summed E-state index contributed by atoms with van der Waals surface area (Å²) in [5.74, 6) is -0.417. The molecule has 11 heteroatoms. The van der Waals surface area contributed by atoms with Gasteiger partial charge in [-0.1, -0.05) is 55.0 Å². The fourth-order valence-electron chi connectivity index (χ4n) is 6.53. The second kappa shape index (κ2) is 17.8. The summed E-state index contributed by atoms with van der Waals surface area (Å²) in [5.41, 5.74) is 9.67. The molecule has 0 aromatic heterocycles. The number of nitrogens with zero attached hydrogens (tertiary/aromatic N) is 1. The standard InChI is InChI=1S/C40H52N4O7/c1-40(2,3)51-38(48)34-15-10-22-44(34)25-31-24-35(28-20-18-27(26-45)19-21-28)50-39(49-31)29-11-9-12-30(23-29)42-36(46)16-5-4-6-17-37(47)43-33-14-8-7-13-32(33)41/h7-9,11-14,18-21,23,31,34-35,39,45H,4-6,10,15-17,22,24-26,41H2,1-3H3,(H,42,46)(H,43,47). The predicted octanol–water partition coefficient (Wildman–Crippen LogP) is 6.64. The summed E-state index contributed by atoms with van der Waals surface area (Å²) in [6.45, 7) is 6.94. The lowest BCUT2D eigenvalue weighted by Crippen LogP contribution is -2.45. The normalized spacial score (nSPS) is 20.9. The number of nitrogens with two attached hydrogens (primary N) is 1. The number of hydrogen-bond acceptors (Lipinski definition) is 9. The van der Waals surface area contributed by atoms with Gasteiger partial charge in [0.05, 0.1) is 30.2 Å². The van der Waals surface area contributed by atoms with Crippen LogP contribution in [0.2, 0.25) is 0 Å². The van der Waals surface area contributed by atoms with Gasteiger partial charge in [-0.3, -0.25) is 19.3 Å². The number of likely N-dealkylation sites (tertiary alicyclic amines) is 1. The number of rotatable bonds is 14. The van der Waals surface area contributed by atoms with Crippen LogP contribution in [0.25, 0.3) is 0 Å². The molecule has 3 aromatic carbocycles. The first-order valence-electron chi connectivity index (χ1n) is 18.0. The van der Waals surface area contributed by atoms with Crippen molar-refractivity contribution in [3.05, 3.63) is 89.5 Å². The van der Waals surface area contributed by atoms with Crippen molar-refractivity contribution in [2.45, 2.75) is 109 Å². The summed E-state index contributed by atoms with van der Waals surface area (Å²) < 4.78 is 18.8. The maximum absolute atomic E-state index is 13.1. The number of ether oxygens (including phenoxy) is 3. The average Bonchev–Trinajstić information content (AvgIpc) is 3.57. The Balaban J connectivity index is 1.18. The Bertz CT molecular complexity index is 1620. The van der Waals surface area contributed by atoms with Crippen molar-refractivity contribution in [1.29, 1.82) is 0 Å². The highest BCUT2D eigenvalue weighted by Crippen LogP contribution is 2.39. The molecule has 0 aliphatic carbocycles. The van der Waals surface area contributed by atoms with E-state index in [-0.39, 0.29) is 42.6 Å². The molecule has 0 radical (unpaired) electrons. The minimum Gasteiger partial charge on any atom is -0.459 e. The van der Waals surface area contributed by atoms with E-state index in [1.165, 1.54) is 0 Å². The van der Waals surface area contributed by atoms with Gasteiger partial charge < -0.3 is 35.7 Å². The summed E-state index contributed by atoms with van der Waals surface area (Å²) in [6, 6.07) is 22.0. The number of carbonyl (C=O) groups excluding carboxylic acids is 3. The molecule has 51 heavy (non-hydrogen) atoms. The number of aliphatic hydroxyl groups excluding tert-OH is 1. The number of nitrogens with one attached hydrogen (secondary N) is 2. The Kier molecular flexibility index (Phi) is 13.2. The second-order valence-corrected chi connectivity index (χ2v) is 14.4. The van der Waals surface area contributed by atoms with E-state index >= 15 is 0 Å². The molecule has 4 unspecified atom stereocenters. The number of aliphatic hydroxyl groups is 1. The van der Waals surface area contributed by atoms with Crippen LogP contribution in [0.5, 0.6) is 0 Å². The minimum absolute atomic E-state index is 0.0401. The SMILES string of the molecule is CC(C)(C)OC(=O)C1CCCN1CC1CC(c2ccc(CO)cc2)OC(c2cccc(NC(=O)CCCCCC(=O)Nc3ccccc3N)c2)O1. The number of benzene rings is 3. The first kappa shape index (κ1) is 38.0. The highest BCUT2D eigenvalue weighted by molar-refractivity contribution is 5.93. The third-order valence-corrected chi connectivity index (χ3v) is 9.08. The topological polar surface area (TPSA) is 152 Å². The van der Waals surface area contributed by atoms with Gasteiger partial charge in [0.25, 0.3) is 0 Å². The molecule has 2 aliphatic heterocycles. The number of unbranched alkanes of at least 4 members (excludes halogenated alkanes) is 2. The van der Waals surface area contributed by atoms with E-state index in [2.05, 4.69) is 15.5 Å². The van der Waals surface area contributed by atoms with Gasteiger partial charge in [-0.05, 0) is 88.4 Å². The van der Waals surface area contributed by atoms with E-state index in [0.29, 0.717) is 55.7 Å². The van der Waals surface area contributed by atoms with Gasteiger partial charge in [0.2, 0.25) is 11.8 Å². The van der Waals surface area contributed by atoms with Crippen LogP contribution in [-0.4, -0.2) is 58.6 Å². The van der Waals surface area contributed by atoms with Gasteiger partial charge in [0.1, 0.15) is 11.6 Å². The number of para-hydroxylation sites is 2. The maximum atomic E-state index is 13.1. The van der Waals surface area contributed by atoms with Gasteiger partial charge >= 0.3 is 5.97 Å². The quantitative estimate of drug-likeness (QED) is 0.0824. The lowest BCUT2D eigenvalue weighted by atomic mass is 9.99. The van der Waals surface area contributed by atoms with Crippen molar-refractivity contribution >= 4 is 34.8 Å². The number of amides is 2. The van der Waals surface area contributed by atoms with Crippen LogP contribution in [-0.2, 0) is 35.2 Å². The van der Waals surface area contributed by atoms with Gasteiger partial charge in [0.15, 0.2) is 6.29 Å². The zero-order chi connectivity index (χ0) is 36.4. The molecule has 2 saturated heterocycles. The Hall–Kier alpha value is -4.29. The average molecular weight is 701 g/mol. The van der Waals surface area contributed by atoms with Gasteiger partial charge in [-0.25, -0.2) is 0 Å². The fraction of sp³-hybridized carbons (Fsp3) is 0.475. The number of hydrogen-bond donors (Lipinski definition) is 4. The number of anilines is 3. The first-order valence-corrected chi connectivity index (χ1v) is 18.0. The van der Waals surface area contributed by atoms with Crippen molar-refractivity contribution in [1.82, 2.24) is 4.90 Å². The Labute approximate surface area is 300 Å². The van der Waals surface area contributed by atoms with E-state index in [9.17, 15) is 19.5 Å². The molecular formula is C40H52N4O7. The smallest absolute Gasteiger partial charge is 0.323 e. The lowest BCUT2D eigenvalue weighted by Gasteiger charge is -2.38. The van der Waals surface area contributed by atoms with Crippen molar-refractivity contribution in [2.24, 2.45) is 0 Å². The highest BCUT2D eigenvalue weighted by atomic mass is 16.7. The Morgan fingerprint density at radius 3 is 2.33 bits per heavy atom. The molecule has 2 aliphatic rings. The molecule has 2 fully saturated rings. The largest absolute Gasteiger partial charge is 0.459 e. The van der Waals surface area contributed by atoms with Crippen molar-refractivity contribution in [3.63, 3.8) is 0 Å². The number of esters is 1.